The summed E-state index contributed by atoms with van der Waals surface area (Å²) in [6.45, 7) is 9.84. The predicted octanol–water partition coefficient (Wildman–Crippen LogP) is 2.91. The first kappa shape index (κ1) is 11.0. The van der Waals surface area contributed by atoms with Crippen molar-refractivity contribution in [2.24, 2.45) is 0 Å². The number of rotatable bonds is 4. The molecule has 13 heavy (non-hydrogen) atoms. The average Bonchev–Trinajstić information content (AvgIpc) is 2.52. The minimum atomic E-state index is -0.950. The van der Waals surface area contributed by atoms with Gasteiger partial charge in [0.15, 0.2) is 0 Å². The Bertz CT molecular complexity index is 169. The molecule has 0 aromatic heterocycles. The van der Waals surface area contributed by atoms with Gasteiger partial charge in [0.05, 0.1) is 8.07 Å². The Kier molecular flexibility index (Phi) is 4.20. The van der Waals surface area contributed by atoms with Crippen molar-refractivity contribution in [1.29, 1.82) is 0 Å². The molecule has 0 atom stereocenters. The van der Waals surface area contributed by atoms with E-state index < -0.39 is 8.07 Å². The molecule has 0 aromatic carbocycles. The first-order valence-electron chi connectivity index (χ1n) is 5.47. The van der Waals surface area contributed by atoms with Crippen molar-refractivity contribution >= 4 is 8.07 Å². The van der Waals surface area contributed by atoms with Gasteiger partial charge in [0, 0.05) is 0 Å². The Morgan fingerprint density at radius 3 is 2.38 bits per heavy atom. The van der Waals surface area contributed by atoms with Crippen molar-refractivity contribution in [3.8, 4) is 0 Å². The molecule has 0 unspecified atom stereocenters. The fourth-order valence-corrected chi connectivity index (χ4v) is 4.58. The second-order valence-electron chi connectivity index (χ2n) is 4.92. The summed E-state index contributed by atoms with van der Waals surface area (Å²) in [7, 11) is -0.950. The highest BCUT2D eigenvalue weighted by molar-refractivity contribution is 6.78. The molecule has 0 N–H and O–H groups in total. The molecule has 0 aliphatic carbocycles. The van der Waals surface area contributed by atoms with Crippen molar-refractivity contribution in [3.63, 3.8) is 0 Å². The number of likely N-dealkylation sites (tertiary alicyclic amines) is 1. The van der Waals surface area contributed by atoms with E-state index in [1.54, 1.807) is 0 Å². The molecule has 2 heteroatoms. The van der Waals surface area contributed by atoms with Crippen LogP contribution in [0.25, 0.3) is 0 Å². The zero-order valence-corrected chi connectivity index (χ0v) is 10.3. The van der Waals surface area contributed by atoms with E-state index in [0.29, 0.717) is 0 Å². The zero-order chi connectivity index (χ0) is 9.73. The normalized spacial score (nSPS) is 20.2. The molecule has 0 saturated carbocycles. The van der Waals surface area contributed by atoms with Gasteiger partial charge in [0.2, 0.25) is 0 Å². The Morgan fingerprint density at radius 1 is 1.23 bits per heavy atom. The summed E-state index contributed by atoms with van der Waals surface area (Å²) in [6.07, 6.45) is 8.79. The average molecular weight is 197 g/mol. The molecule has 0 aromatic rings. The fraction of sp³-hybridized carbons (Fsp3) is 0.818. The summed E-state index contributed by atoms with van der Waals surface area (Å²) in [5.41, 5.74) is 0. The van der Waals surface area contributed by atoms with Gasteiger partial charge < -0.3 is 4.90 Å². The van der Waals surface area contributed by atoms with Crippen molar-refractivity contribution < 1.29 is 0 Å². The van der Waals surface area contributed by atoms with Crippen molar-refractivity contribution in [1.82, 2.24) is 4.90 Å². The molecule has 1 aliphatic rings. The summed E-state index contributed by atoms with van der Waals surface area (Å²) < 4.78 is 0. The van der Waals surface area contributed by atoms with Crippen molar-refractivity contribution in [2.75, 3.05) is 19.3 Å². The Morgan fingerprint density at radius 2 is 1.85 bits per heavy atom. The third-order valence-electron chi connectivity index (χ3n) is 2.76. The van der Waals surface area contributed by atoms with Crippen LogP contribution in [0.3, 0.4) is 0 Å². The van der Waals surface area contributed by atoms with Gasteiger partial charge in [-0.1, -0.05) is 25.2 Å². The van der Waals surface area contributed by atoms with Gasteiger partial charge in [-0.2, -0.15) is 0 Å². The third-order valence-corrected chi connectivity index (χ3v) is 5.40. The molecular weight excluding hydrogens is 174 g/mol. The fourth-order valence-electron chi connectivity index (χ4n) is 2.05. The van der Waals surface area contributed by atoms with Gasteiger partial charge in [-0.3, -0.25) is 0 Å². The number of nitrogens with zero attached hydrogens (tertiary/aromatic N) is 1. The Balaban J connectivity index is 2.31. The van der Waals surface area contributed by atoms with Crippen LogP contribution < -0.4 is 0 Å². The van der Waals surface area contributed by atoms with Gasteiger partial charge in [-0.15, -0.1) is 0 Å². The first-order valence-corrected chi connectivity index (χ1v) is 8.89. The lowest BCUT2D eigenvalue weighted by molar-refractivity contribution is 0.389. The Labute approximate surface area is 83.8 Å². The topological polar surface area (TPSA) is 3.24 Å². The summed E-state index contributed by atoms with van der Waals surface area (Å²) in [4.78, 5) is 2.66. The van der Waals surface area contributed by atoms with E-state index in [2.05, 4.69) is 37.1 Å². The lowest BCUT2D eigenvalue weighted by Crippen LogP contribution is -2.40. The molecule has 1 nitrogen and oxygen atoms in total. The van der Waals surface area contributed by atoms with Crippen LogP contribution in [0.15, 0.2) is 12.2 Å². The molecule has 1 heterocycles. The molecule has 1 saturated heterocycles. The molecule has 0 spiro atoms. The summed E-state index contributed by atoms with van der Waals surface area (Å²) in [6, 6.07) is 1.35. The van der Waals surface area contributed by atoms with E-state index in [-0.39, 0.29) is 0 Å². The van der Waals surface area contributed by atoms with E-state index in [9.17, 15) is 0 Å². The lowest BCUT2D eigenvalue weighted by atomic mass is 10.4. The first-order chi connectivity index (χ1) is 6.14. The van der Waals surface area contributed by atoms with E-state index in [0.717, 1.165) is 0 Å². The largest absolute Gasteiger partial charge is 0.306 e. The molecular formula is C11H23NSi. The second-order valence-corrected chi connectivity index (χ2v) is 9.97. The van der Waals surface area contributed by atoms with Gasteiger partial charge in [0.25, 0.3) is 0 Å². The highest BCUT2D eigenvalue weighted by atomic mass is 28.3. The second kappa shape index (κ2) is 4.96. The maximum Gasteiger partial charge on any atom is 0.0666 e. The number of allylic oxidation sites excluding steroid dienone is 2. The van der Waals surface area contributed by atoms with Gasteiger partial charge in [-0.05, 0) is 45.1 Å². The maximum atomic E-state index is 2.66. The van der Waals surface area contributed by atoms with Crippen LogP contribution in [0.2, 0.25) is 19.1 Å². The molecule has 1 fully saturated rings. The summed E-state index contributed by atoms with van der Waals surface area (Å²) >= 11 is 0. The third kappa shape index (κ3) is 4.10. The zero-order valence-electron chi connectivity index (χ0n) is 9.34. The standard InChI is InChI=1S/C11H23NSi/c1-4-5-10-13(2,3)11-12-8-6-7-9-12/h4-5H,6-11H2,1-3H3/b5-4+. The molecule has 0 amide bonds. The van der Waals surface area contributed by atoms with Crippen LogP contribution in [0.5, 0.6) is 0 Å². The Hall–Kier alpha value is -0.0831. The SMILES string of the molecule is C/C=C/C[Si](C)(C)CN1CCCC1. The molecule has 0 radical (unpaired) electrons. The monoisotopic (exact) mass is 197 g/mol. The van der Waals surface area contributed by atoms with Gasteiger partial charge >= 0.3 is 0 Å². The molecule has 1 rings (SSSR count). The minimum Gasteiger partial charge on any atom is -0.306 e. The predicted molar refractivity (Wildman–Crippen MR) is 62.8 cm³/mol. The number of hydrogen-bond acceptors (Lipinski definition) is 1. The molecule has 0 bridgehead atoms. The van der Waals surface area contributed by atoms with Crippen LogP contribution >= 0.6 is 0 Å². The van der Waals surface area contributed by atoms with Crippen LogP contribution in [0, 0.1) is 0 Å². The lowest BCUT2D eigenvalue weighted by Gasteiger charge is -2.27. The van der Waals surface area contributed by atoms with Gasteiger partial charge in [0.1, 0.15) is 0 Å². The van der Waals surface area contributed by atoms with Crippen LogP contribution in [0.1, 0.15) is 19.8 Å². The smallest absolute Gasteiger partial charge is 0.0666 e. The van der Waals surface area contributed by atoms with E-state index >= 15 is 0 Å². The summed E-state index contributed by atoms with van der Waals surface area (Å²) in [5, 5.41) is 0. The highest BCUT2D eigenvalue weighted by Crippen LogP contribution is 2.16. The van der Waals surface area contributed by atoms with Gasteiger partial charge in [-0.25, -0.2) is 0 Å². The van der Waals surface area contributed by atoms with Crippen LogP contribution in [-0.2, 0) is 0 Å². The van der Waals surface area contributed by atoms with Crippen molar-refractivity contribution in [3.05, 3.63) is 12.2 Å². The van der Waals surface area contributed by atoms with E-state index in [1.807, 2.05) is 0 Å². The minimum absolute atomic E-state index is 0.950. The van der Waals surface area contributed by atoms with Crippen molar-refractivity contribution in [2.45, 2.75) is 38.9 Å². The van der Waals surface area contributed by atoms with E-state index in [4.69, 9.17) is 0 Å². The van der Waals surface area contributed by atoms with Crippen LogP contribution in [0.4, 0.5) is 0 Å². The quantitative estimate of drug-likeness (QED) is 0.495. The van der Waals surface area contributed by atoms with Crippen LogP contribution in [-0.4, -0.2) is 32.2 Å². The maximum absolute atomic E-state index is 2.66. The molecule has 76 valence electrons. The van der Waals surface area contributed by atoms with E-state index in [1.165, 1.54) is 38.1 Å². The highest BCUT2D eigenvalue weighted by Gasteiger charge is 2.24. The summed E-state index contributed by atoms with van der Waals surface area (Å²) in [5.74, 6) is 0. The number of hydrogen-bond donors (Lipinski definition) is 0. The molecule has 1 aliphatic heterocycles.